The quantitative estimate of drug-likeness (QED) is 0.508. The van der Waals surface area contributed by atoms with E-state index in [0.717, 1.165) is 54.0 Å². The molecule has 2 heterocycles. The molecule has 32 heavy (non-hydrogen) atoms. The Morgan fingerprint density at radius 3 is 2.78 bits per heavy atom. The van der Waals surface area contributed by atoms with Crippen molar-refractivity contribution in [1.82, 2.24) is 15.2 Å². The van der Waals surface area contributed by atoms with E-state index in [1.165, 1.54) is 6.07 Å². The first-order valence-electron chi connectivity index (χ1n) is 10.7. The molecule has 0 fully saturated rings. The largest absolute Gasteiger partial charge is 0.388 e. The smallest absolute Gasteiger partial charge is 0.130 e. The first-order chi connectivity index (χ1) is 15.4. The molecular weight excluding hydrogens is 423 g/mol. The van der Waals surface area contributed by atoms with E-state index in [0.29, 0.717) is 10.6 Å². The maximum atomic E-state index is 13.9. The first kappa shape index (κ1) is 25.2. The van der Waals surface area contributed by atoms with E-state index in [-0.39, 0.29) is 5.82 Å². The third-order valence-corrected chi connectivity index (χ3v) is 5.45. The number of halogens is 2. The maximum absolute atomic E-state index is 13.9. The van der Waals surface area contributed by atoms with Gasteiger partial charge in [0.25, 0.3) is 0 Å². The van der Waals surface area contributed by atoms with Gasteiger partial charge in [0.15, 0.2) is 0 Å². The fourth-order valence-corrected chi connectivity index (χ4v) is 3.50. The molecule has 1 aromatic heterocycles. The molecule has 0 amide bonds. The van der Waals surface area contributed by atoms with Gasteiger partial charge in [0.05, 0.1) is 0 Å². The fraction of sp³-hybridized carbons (Fsp3) is 0.269. The molecule has 6 heteroatoms. The third-order valence-electron chi connectivity index (χ3n) is 5.22. The average molecular weight is 455 g/mol. The van der Waals surface area contributed by atoms with E-state index in [9.17, 15) is 4.39 Å². The van der Waals surface area contributed by atoms with Gasteiger partial charge in [-0.2, -0.15) is 0 Å². The number of nitrogens with one attached hydrogen (secondary N) is 2. The highest BCUT2D eigenvalue weighted by molar-refractivity contribution is 6.30. The first-order valence-corrected chi connectivity index (χ1v) is 11.0. The third kappa shape index (κ3) is 6.99. The molecule has 170 valence electrons. The van der Waals surface area contributed by atoms with Gasteiger partial charge in [-0.3, -0.25) is 4.98 Å². The molecule has 0 saturated heterocycles. The highest BCUT2D eigenvalue weighted by atomic mass is 35.5. The highest BCUT2D eigenvalue weighted by Crippen LogP contribution is 2.27. The minimum absolute atomic E-state index is 0.235. The molecule has 0 saturated carbocycles. The standard InChI is InChI=1S/C16H18ClFN2.C10H14N2/c1-3-19-16-9-6-12(5-4-10-20(16)2)14-11-13(17)7-8-15(14)18;1-4-8(2)9-7-12-6-5-10(9)11-3/h3,6-9,11,19H,1,4-5,10H2,2H3;5-7H,2,4H2,1,3H3,(H,11,12)/b12-6+,16-9+;. The number of anilines is 1. The van der Waals surface area contributed by atoms with Crippen molar-refractivity contribution in [2.45, 2.75) is 26.2 Å². The average Bonchev–Trinajstić information content (AvgIpc) is 2.80. The number of rotatable bonds is 6. The van der Waals surface area contributed by atoms with Crippen LogP contribution < -0.4 is 10.6 Å². The molecule has 0 bridgehead atoms. The van der Waals surface area contributed by atoms with Gasteiger partial charge in [-0.15, -0.1) is 0 Å². The van der Waals surface area contributed by atoms with Gasteiger partial charge in [0.1, 0.15) is 11.6 Å². The summed E-state index contributed by atoms with van der Waals surface area (Å²) in [6.07, 6.45) is 11.9. The number of pyridine rings is 1. The zero-order chi connectivity index (χ0) is 23.5. The van der Waals surface area contributed by atoms with Gasteiger partial charge in [0, 0.05) is 54.9 Å². The van der Waals surface area contributed by atoms with Crippen molar-refractivity contribution in [3.05, 3.63) is 96.0 Å². The van der Waals surface area contributed by atoms with Gasteiger partial charge in [-0.1, -0.05) is 37.8 Å². The molecule has 3 rings (SSSR count). The van der Waals surface area contributed by atoms with Crippen molar-refractivity contribution in [3.63, 3.8) is 0 Å². The van der Waals surface area contributed by atoms with Gasteiger partial charge in [0.2, 0.25) is 0 Å². The van der Waals surface area contributed by atoms with Crippen LogP contribution in [0.1, 0.15) is 37.3 Å². The number of allylic oxidation sites excluding steroid dienone is 4. The van der Waals surface area contributed by atoms with E-state index >= 15 is 0 Å². The zero-order valence-electron chi connectivity index (χ0n) is 19.1. The molecule has 1 aromatic carbocycles. The summed E-state index contributed by atoms with van der Waals surface area (Å²) in [5.74, 6) is 0.709. The van der Waals surface area contributed by atoms with E-state index in [1.54, 1.807) is 24.5 Å². The summed E-state index contributed by atoms with van der Waals surface area (Å²) >= 11 is 5.97. The molecule has 2 aromatic rings. The van der Waals surface area contributed by atoms with E-state index < -0.39 is 0 Å². The Hall–Kier alpha value is -3.05. The van der Waals surface area contributed by atoms with E-state index in [1.807, 2.05) is 38.5 Å². The lowest BCUT2D eigenvalue weighted by atomic mass is 9.99. The van der Waals surface area contributed by atoms with Crippen LogP contribution in [0.3, 0.4) is 0 Å². The normalized spacial score (nSPS) is 16.7. The number of hydrogen-bond donors (Lipinski definition) is 2. The van der Waals surface area contributed by atoms with Gasteiger partial charge in [-0.25, -0.2) is 4.39 Å². The van der Waals surface area contributed by atoms with Crippen molar-refractivity contribution in [1.29, 1.82) is 0 Å². The van der Waals surface area contributed by atoms with Gasteiger partial charge >= 0.3 is 0 Å². The Bertz CT molecular complexity index is 997. The summed E-state index contributed by atoms with van der Waals surface area (Å²) in [5.41, 5.74) is 4.87. The minimum atomic E-state index is -0.235. The van der Waals surface area contributed by atoms with Crippen LogP contribution >= 0.6 is 11.6 Å². The molecule has 0 radical (unpaired) electrons. The second-order valence-corrected chi connectivity index (χ2v) is 7.81. The topological polar surface area (TPSA) is 40.2 Å². The molecule has 0 aliphatic carbocycles. The molecule has 1 aliphatic rings. The predicted octanol–water partition coefficient (Wildman–Crippen LogP) is 6.71. The van der Waals surface area contributed by atoms with Gasteiger partial charge < -0.3 is 15.5 Å². The van der Waals surface area contributed by atoms with Crippen LogP contribution in [-0.2, 0) is 0 Å². The summed E-state index contributed by atoms with van der Waals surface area (Å²) in [4.78, 5) is 6.18. The summed E-state index contributed by atoms with van der Waals surface area (Å²) in [6.45, 7) is 10.6. The number of aromatic nitrogens is 1. The van der Waals surface area contributed by atoms with Crippen LogP contribution in [0.5, 0.6) is 0 Å². The van der Waals surface area contributed by atoms with Crippen molar-refractivity contribution in [2.75, 3.05) is 26.0 Å². The lowest BCUT2D eigenvalue weighted by molar-refractivity contribution is 0.390. The molecule has 0 spiro atoms. The van der Waals surface area contributed by atoms with Crippen molar-refractivity contribution < 1.29 is 4.39 Å². The lowest BCUT2D eigenvalue weighted by Gasteiger charge is -2.24. The maximum Gasteiger partial charge on any atom is 0.130 e. The van der Waals surface area contributed by atoms with Crippen LogP contribution in [0.2, 0.25) is 5.02 Å². The Morgan fingerprint density at radius 2 is 2.09 bits per heavy atom. The Labute approximate surface area is 196 Å². The second kappa shape index (κ2) is 12.7. The van der Waals surface area contributed by atoms with Crippen molar-refractivity contribution in [2.24, 2.45) is 0 Å². The van der Waals surface area contributed by atoms with Crippen LogP contribution in [0, 0.1) is 5.82 Å². The summed E-state index contributed by atoms with van der Waals surface area (Å²) < 4.78 is 13.9. The number of benzene rings is 1. The van der Waals surface area contributed by atoms with Crippen molar-refractivity contribution in [3.8, 4) is 0 Å². The molecular formula is C26H32ClFN4. The Balaban J connectivity index is 0.000000258. The van der Waals surface area contributed by atoms with Crippen LogP contribution in [0.4, 0.5) is 10.1 Å². The summed E-state index contributed by atoms with van der Waals surface area (Å²) in [6, 6.07) is 6.62. The monoisotopic (exact) mass is 454 g/mol. The lowest BCUT2D eigenvalue weighted by Crippen LogP contribution is -2.27. The molecule has 2 N–H and O–H groups in total. The summed E-state index contributed by atoms with van der Waals surface area (Å²) in [7, 11) is 3.92. The van der Waals surface area contributed by atoms with Crippen LogP contribution in [-0.4, -0.2) is 30.5 Å². The predicted molar refractivity (Wildman–Crippen MR) is 136 cm³/mol. The van der Waals surface area contributed by atoms with Crippen molar-refractivity contribution >= 4 is 28.4 Å². The Morgan fingerprint density at radius 1 is 1.31 bits per heavy atom. The number of hydrogen-bond acceptors (Lipinski definition) is 4. The molecule has 4 nitrogen and oxygen atoms in total. The molecule has 0 atom stereocenters. The van der Waals surface area contributed by atoms with Crippen LogP contribution in [0.15, 0.2) is 74.0 Å². The number of nitrogens with zero attached hydrogens (tertiary/aromatic N) is 2. The molecule has 0 unspecified atom stereocenters. The molecule has 1 aliphatic heterocycles. The zero-order valence-corrected chi connectivity index (χ0v) is 19.8. The Kier molecular flexibility index (Phi) is 10.0. The van der Waals surface area contributed by atoms with Crippen LogP contribution in [0.25, 0.3) is 11.1 Å². The minimum Gasteiger partial charge on any atom is -0.388 e. The van der Waals surface area contributed by atoms with E-state index in [2.05, 4.69) is 40.6 Å². The highest BCUT2D eigenvalue weighted by Gasteiger charge is 2.12. The van der Waals surface area contributed by atoms with E-state index in [4.69, 9.17) is 11.6 Å². The fourth-order valence-electron chi connectivity index (χ4n) is 3.33. The summed E-state index contributed by atoms with van der Waals surface area (Å²) in [5, 5.41) is 6.75. The second-order valence-electron chi connectivity index (χ2n) is 7.37. The van der Waals surface area contributed by atoms with Gasteiger partial charge in [-0.05, 0) is 67.0 Å². The SMILES string of the molecule is C=C(CC)c1cnccc1NC.C=CN/C1=C\C=C(\c2cc(Cl)ccc2F)CCCN1C.